The zero-order valence-corrected chi connectivity index (χ0v) is 18.4. The van der Waals surface area contributed by atoms with Crippen molar-refractivity contribution in [2.45, 2.75) is 34.1 Å². The standard InChI is InChI=1S/C22H32N2O6/c1-14(2)19(25)6-8-30-9-7-24(5)18-11-16(21(28)15(3)4)10-17(12-18)22(29)23-13-20(26)27/h10-12,14-15H,6-9,13H2,1-5H3,(H,23,29)(H,26,27). The van der Waals surface area contributed by atoms with Gasteiger partial charge >= 0.3 is 5.97 Å². The normalized spacial score (nSPS) is 10.9. The van der Waals surface area contributed by atoms with E-state index in [0.29, 0.717) is 37.4 Å². The second kappa shape index (κ2) is 12.1. The highest BCUT2D eigenvalue weighted by Gasteiger charge is 2.17. The Balaban J connectivity index is 2.87. The number of ether oxygens (including phenoxy) is 1. The molecule has 8 nitrogen and oxygen atoms in total. The predicted octanol–water partition coefficient (Wildman–Crippen LogP) is 2.41. The summed E-state index contributed by atoms with van der Waals surface area (Å²) < 4.78 is 5.53. The highest BCUT2D eigenvalue weighted by Crippen LogP contribution is 2.21. The first kappa shape index (κ1) is 25.3. The van der Waals surface area contributed by atoms with E-state index in [9.17, 15) is 19.2 Å². The van der Waals surface area contributed by atoms with E-state index in [-0.39, 0.29) is 29.0 Å². The van der Waals surface area contributed by atoms with Crippen LogP contribution in [0.25, 0.3) is 0 Å². The zero-order valence-electron chi connectivity index (χ0n) is 18.4. The van der Waals surface area contributed by atoms with Gasteiger partial charge in [-0.1, -0.05) is 27.7 Å². The lowest BCUT2D eigenvalue weighted by atomic mass is 9.98. The Morgan fingerprint density at radius 1 is 1.00 bits per heavy atom. The zero-order chi connectivity index (χ0) is 22.8. The number of hydrogen-bond donors (Lipinski definition) is 2. The maximum atomic E-state index is 12.5. The summed E-state index contributed by atoms with van der Waals surface area (Å²) in [4.78, 5) is 49.0. The van der Waals surface area contributed by atoms with Gasteiger partial charge in [0.2, 0.25) is 0 Å². The fourth-order valence-corrected chi connectivity index (χ4v) is 2.59. The molecule has 166 valence electrons. The summed E-state index contributed by atoms with van der Waals surface area (Å²) in [5.41, 5.74) is 1.25. The topological polar surface area (TPSA) is 113 Å². The molecule has 0 heterocycles. The predicted molar refractivity (Wildman–Crippen MR) is 114 cm³/mol. The number of carbonyl (C=O) groups is 4. The van der Waals surface area contributed by atoms with E-state index in [2.05, 4.69) is 5.32 Å². The molecule has 1 amide bonds. The second-order valence-electron chi connectivity index (χ2n) is 7.77. The van der Waals surface area contributed by atoms with Crippen LogP contribution >= 0.6 is 0 Å². The molecule has 0 aliphatic heterocycles. The number of carboxylic acid groups (broad SMARTS) is 1. The second-order valence-corrected chi connectivity index (χ2v) is 7.77. The minimum atomic E-state index is -1.15. The average molecular weight is 421 g/mol. The number of rotatable bonds is 13. The third-order valence-electron chi connectivity index (χ3n) is 4.54. The van der Waals surface area contributed by atoms with Crippen LogP contribution in [0.4, 0.5) is 5.69 Å². The number of aliphatic carboxylic acids is 1. The lowest BCUT2D eigenvalue weighted by molar-refractivity contribution is -0.135. The number of carboxylic acids is 1. The van der Waals surface area contributed by atoms with Crippen LogP contribution < -0.4 is 10.2 Å². The number of nitrogens with zero attached hydrogens (tertiary/aromatic N) is 1. The number of Topliss-reactive ketones (excluding diaryl/α,β-unsaturated/α-hetero) is 2. The first-order valence-corrected chi connectivity index (χ1v) is 10.0. The molecule has 0 unspecified atom stereocenters. The van der Waals surface area contributed by atoms with Crippen LogP contribution in [0.15, 0.2) is 18.2 Å². The Labute approximate surface area is 177 Å². The van der Waals surface area contributed by atoms with Gasteiger partial charge in [0, 0.05) is 48.7 Å². The van der Waals surface area contributed by atoms with Gasteiger partial charge in [0.15, 0.2) is 5.78 Å². The first-order chi connectivity index (χ1) is 14.0. The maximum Gasteiger partial charge on any atom is 0.322 e. The fourth-order valence-electron chi connectivity index (χ4n) is 2.59. The molecule has 0 atom stereocenters. The van der Waals surface area contributed by atoms with Gasteiger partial charge in [-0.3, -0.25) is 19.2 Å². The van der Waals surface area contributed by atoms with Crippen LogP contribution in [-0.2, 0) is 14.3 Å². The van der Waals surface area contributed by atoms with E-state index in [0.717, 1.165) is 0 Å². The molecule has 0 fully saturated rings. The molecular formula is C22H32N2O6. The van der Waals surface area contributed by atoms with E-state index >= 15 is 0 Å². The van der Waals surface area contributed by atoms with Crippen molar-refractivity contribution in [1.82, 2.24) is 5.32 Å². The van der Waals surface area contributed by atoms with Crippen molar-refractivity contribution < 1.29 is 29.0 Å². The fraction of sp³-hybridized carbons (Fsp3) is 0.545. The van der Waals surface area contributed by atoms with E-state index in [1.807, 2.05) is 18.7 Å². The van der Waals surface area contributed by atoms with Crippen LogP contribution in [0.1, 0.15) is 54.8 Å². The van der Waals surface area contributed by atoms with Gasteiger partial charge in [0.25, 0.3) is 5.91 Å². The lowest BCUT2D eigenvalue weighted by Gasteiger charge is -2.21. The highest BCUT2D eigenvalue weighted by atomic mass is 16.5. The number of nitrogens with one attached hydrogen (secondary N) is 1. The van der Waals surface area contributed by atoms with Gasteiger partial charge in [-0.15, -0.1) is 0 Å². The molecule has 0 radical (unpaired) electrons. The number of anilines is 1. The molecule has 0 saturated heterocycles. The van der Waals surface area contributed by atoms with Crippen LogP contribution in [0.3, 0.4) is 0 Å². The lowest BCUT2D eigenvalue weighted by Crippen LogP contribution is -2.30. The quantitative estimate of drug-likeness (QED) is 0.372. The Kier molecular flexibility index (Phi) is 10.2. The molecule has 2 N–H and O–H groups in total. The molecule has 1 aromatic carbocycles. The largest absolute Gasteiger partial charge is 0.480 e. The SMILES string of the molecule is CC(C)C(=O)CCOCCN(C)c1cc(C(=O)NCC(=O)O)cc(C(=O)C(C)C)c1. The van der Waals surface area contributed by atoms with Crippen molar-refractivity contribution in [3.05, 3.63) is 29.3 Å². The third-order valence-corrected chi connectivity index (χ3v) is 4.54. The minimum absolute atomic E-state index is 0.0109. The van der Waals surface area contributed by atoms with Gasteiger partial charge in [-0.2, -0.15) is 0 Å². The number of amides is 1. The number of hydrogen-bond acceptors (Lipinski definition) is 6. The molecule has 1 aromatic rings. The molecule has 0 bridgehead atoms. The Hall–Kier alpha value is -2.74. The summed E-state index contributed by atoms with van der Waals surface area (Å²) in [6, 6.07) is 4.79. The number of ketones is 2. The van der Waals surface area contributed by atoms with E-state index in [4.69, 9.17) is 9.84 Å². The summed E-state index contributed by atoms with van der Waals surface area (Å²) in [6.45, 7) is 7.97. The number of carbonyl (C=O) groups excluding carboxylic acids is 3. The molecule has 8 heteroatoms. The van der Waals surface area contributed by atoms with Crippen molar-refractivity contribution in [3.63, 3.8) is 0 Å². The number of benzene rings is 1. The Bertz CT molecular complexity index is 773. The van der Waals surface area contributed by atoms with Crippen molar-refractivity contribution in [3.8, 4) is 0 Å². The van der Waals surface area contributed by atoms with Gasteiger partial charge in [0.05, 0.1) is 13.2 Å². The summed E-state index contributed by atoms with van der Waals surface area (Å²) >= 11 is 0. The van der Waals surface area contributed by atoms with Crippen molar-refractivity contribution in [2.75, 3.05) is 38.3 Å². The maximum absolute atomic E-state index is 12.5. The van der Waals surface area contributed by atoms with Crippen LogP contribution in [0.2, 0.25) is 0 Å². The van der Waals surface area contributed by atoms with E-state index in [1.165, 1.54) is 6.07 Å². The molecule has 1 rings (SSSR count). The van der Waals surface area contributed by atoms with Gasteiger partial charge in [-0.05, 0) is 18.2 Å². The van der Waals surface area contributed by atoms with Crippen LogP contribution in [-0.4, -0.2) is 61.9 Å². The monoisotopic (exact) mass is 420 g/mol. The molecular weight excluding hydrogens is 388 g/mol. The molecule has 0 aliphatic rings. The van der Waals surface area contributed by atoms with Crippen LogP contribution in [0.5, 0.6) is 0 Å². The van der Waals surface area contributed by atoms with Gasteiger partial charge < -0.3 is 20.1 Å². The summed E-state index contributed by atoms with van der Waals surface area (Å²) in [5.74, 6) is -1.93. The molecule has 0 aromatic heterocycles. The molecule has 30 heavy (non-hydrogen) atoms. The third kappa shape index (κ3) is 8.32. The van der Waals surface area contributed by atoms with Crippen molar-refractivity contribution >= 4 is 29.1 Å². The molecule has 0 spiro atoms. The number of likely N-dealkylation sites (N-methyl/N-ethyl adjacent to an activating group) is 1. The van der Waals surface area contributed by atoms with Crippen molar-refractivity contribution in [2.24, 2.45) is 11.8 Å². The summed E-state index contributed by atoms with van der Waals surface area (Å²) in [7, 11) is 1.81. The first-order valence-electron chi connectivity index (χ1n) is 10.0. The van der Waals surface area contributed by atoms with Gasteiger partial charge in [-0.25, -0.2) is 0 Å². The minimum Gasteiger partial charge on any atom is -0.480 e. The Morgan fingerprint density at radius 2 is 1.63 bits per heavy atom. The van der Waals surface area contributed by atoms with Crippen molar-refractivity contribution in [1.29, 1.82) is 0 Å². The summed E-state index contributed by atoms with van der Waals surface area (Å²) in [5, 5.41) is 11.1. The van der Waals surface area contributed by atoms with Crippen LogP contribution in [0, 0.1) is 11.8 Å². The van der Waals surface area contributed by atoms with Gasteiger partial charge in [0.1, 0.15) is 12.3 Å². The van der Waals surface area contributed by atoms with E-state index < -0.39 is 18.4 Å². The molecule has 0 aliphatic carbocycles. The Morgan fingerprint density at radius 3 is 2.20 bits per heavy atom. The molecule has 0 saturated carbocycles. The average Bonchev–Trinajstić information content (AvgIpc) is 2.70. The van der Waals surface area contributed by atoms with E-state index in [1.54, 1.807) is 33.0 Å². The summed E-state index contributed by atoms with van der Waals surface area (Å²) in [6.07, 6.45) is 0.369. The smallest absolute Gasteiger partial charge is 0.322 e. The highest BCUT2D eigenvalue weighted by molar-refractivity contribution is 6.03.